The summed E-state index contributed by atoms with van der Waals surface area (Å²) in [6.45, 7) is 4.06. The highest BCUT2D eigenvalue weighted by atomic mass is 35.5. The molecule has 156 valence electrons. The Balaban J connectivity index is 1.58. The zero-order valence-corrected chi connectivity index (χ0v) is 18.5. The van der Waals surface area contributed by atoms with Crippen LogP contribution in [-0.4, -0.2) is 15.9 Å². The molecule has 1 N–H and O–H groups in total. The van der Waals surface area contributed by atoms with E-state index in [2.05, 4.69) is 15.3 Å². The van der Waals surface area contributed by atoms with E-state index in [0.29, 0.717) is 32.7 Å². The molecule has 0 saturated heterocycles. The van der Waals surface area contributed by atoms with E-state index < -0.39 is 0 Å². The number of rotatable bonds is 5. The van der Waals surface area contributed by atoms with Crippen molar-refractivity contribution in [3.63, 3.8) is 0 Å². The number of aryl methyl sites for hydroxylation is 1. The first kappa shape index (κ1) is 21.1. The summed E-state index contributed by atoms with van der Waals surface area (Å²) in [5.41, 5.74) is 3.84. The second kappa shape index (κ2) is 8.92. The number of nitrogens with zero attached hydrogens (tertiary/aromatic N) is 2. The van der Waals surface area contributed by atoms with Crippen LogP contribution >= 0.6 is 23.2 Å². The molecule has 4 aromatic rings. The van der Waals surface area contributed by atoms with Crippen LogP contribution in [0.4, 0.5) is 0 Å². The number of benzene rings is 2. The van der Waals surface area contributed by atoms with Gasteiger partial charge in [0.2, 0.25) is 0 Å². The predicted molar refractivity (Wildman–Crippen MR) is 123 cm³/mol. The minimum absolute atomic E-state index is 0.192. The Morgan fingerprint density at radius 3 is 2.58 bits per heavy atom. The monoisotopic (exact) mass is 451 g/mol. The number of pyridine rings is 2. The molecule has 0 bridgehead atoms. The minimum atomic E-state index is -0.248. The lowest BCUT2D eigenvalue weighted by Crippen LogP contribution is -2.24. The van der Waals surface area contributed by atoms with Crippen LogP contribution in [0.2, 0.25) is 10.0 Å². The van der Waals surface area contributed by atoms with Crippen LogP contribution in [0.3, 0.4) is 0 Å². The number of amides is 1. The SMILES string of the molecule is Cc1ccc2c(Oc3cccc(C(=O)NCc4c(Cl)cncc4Cl)c3C)ccnc2c1. The molecule has 0 atom stereocenters. The van der Waals surface area contributed by atoms with Crippen LogP contribution in [0.1, 0.15) is 27.0 Å². The van der Waals surface area contributed by atoms with E-state index in [0.717, 1.165) is 22.0 Å². The second-order valence-electron chi connectivity index (χ2n) is 7.12. The van der Waals surface area contributed by atoms with Crippen molar-refractivity contribution in [2.24, 2.45) is 0 Å². The lowest BCUT2D eigenvalue weighted by atomic mass is 10.1. The Labute approximate surface area is 190 Å². The van der Waals surface area contributed by atoms with Gasteiger partial charge in [0, 0.05) is 47.2 Å². The molecule has 4 rings (SSSR count). The smallest absolute Gasteiger partial charge is 0.251 e. The Kier molecular flexibility index (Phi) is 6.07. The maximum absolute atomic E-state index is 12.8. The van der Waals surface area contributed by atoms with E-state index in [4.69, 9.17) is 27.9 Å². The van der Waals surface area contributed by atoms with Gasteiger partial charge in [0.25, 0.3) is 5.91 Å². The molecule has 0 fully saturated rings. The molecule has 0 aliphatic rings. The predicted octanol–water partition coefficient (Wildman–Crippen LogP) is 6.28. The van der Waals surface area contributed by atoms with E-state index in [9.17, 15) is 4.79 Å². The van der Waals surface area contributed by atoms with Gasteiger partial charge in [-0.15, -0.1) is 0 Å². The van der Waals surface area contributed by atoms with Crippen LogP contribution in [0, 0.1) is 13.8 Å². The van der Waals surface area contributed by atoms with Crippen LogP contribution in [-0.2, 0) is 6.54 Å². The number of ether oxygens (including phenoxy) is 1. The highest BCUT2D eigenvalue weighted by molar-refractivity contribution is 6.35. The number of hydrogen-bond donors (Lipinski definition) is 1. The van der Waals surface area contributed by atoms with Crippen LogP contribution in [0.15, 0.2) is 61.1 Å². The second-order valence-corrected chi connectivity index (χ2v) is 7.94. The van der Waals surface area contributed by atoms with Crippen molar-refractivity contribution in [3.8, 4) is 11.5 Å². The van der Waals surface area contributed by atoms with Gasteiger partial charge >= 0.3 is 0 Å². The fourth-order valence-electron chi connectivity index (χ4n) is 3.28. The average Bonchev–Trinajstić information content (AvgIpc) is 2.74. The molecule has 0 unspecified atom stereocenters. The first-order chi connectivity index (χ1) is 14.9. The van der Waals surface area contributed by atoms with Crippen molar-refractivity contribution in [3.05, 3.63) is 93.4 Å². The number of nitrogens with one attached hydrogen (secondary N) is 1. The summed E-state index contributed by atoms with van der Waals surface area (Å²) in [6.07, 6.45) is 4.70. The fourth-order valence-corrected chi connectivity index (χ4v) is 3.78. The fraction of sp³-hybridized carbons (Fsp3) is 0.125. The van der Waals surface area contributed by atoms with E-state index in [1.165, 1.54) is 12.4 Å². The summed E-state index contributed by atoms with van der Waals surface area (Å²) in [5, 5.41) is 4.58. The van der Waals surface area contributed by atoms with Gasteiger partial charge in [-0.1, -0.05) is 35.3 Å². The van der Waals surface area contributed by atoms with Crippen LogP contribution < -0.4 is 10.1 Å². The first-order valence-electron chi connectivity index (χ1n) is 9.63. The molecule has 2 aromatic heterocycles. The molecule has 1 amide bonds. The van der Waals surface area contributed by atoms with Crippen LogP contribution in [0.25, 0.3) is 10.9 Å². The molecule has 2 heterocycles. The largest absolute Gasteiger partial charge is 0.456 e. The van der Waals surface area contributed by atoms with E-state index >= 15 is 0 Å². The van der Waals surface area contributed by atoms with Gasteiger partial charge in [0.1, 0.15) is 11.5 Å². The zero-order valence-electron chi connectivity index (χ0n) is 16.9. The summed E-state index contributed by atoms with van der Waals surface area (Å²) in [5.74, 6) is 1.03. The number of hydrogen-bond acceptors (Lipinski definition) is 4. The van der Waals surface area contributed by atoms with E-state index in [1.807, 2.05) is 44.2 Å². The maximum Gasteiger partial charge on any atom is 0.251 e. The molecule has 5 nitrogen and oxygen atoms in total. The minimum Gasteiger partial charge on any atom is -0.456 e. The Morgan fingerprint density at radius 2 is 1.81 bits per heavy atom. The molecule has 31 heavy (non-hydrogen) atoms. The number of carbonyl (C=O) groups excluding carboxylic acids is 1. The lowest BCUT2D eigenvalue weighted by Gasteiger charge is -2.14. The third-order valence-corrected chi connectivity index (χ3v) is 5.64. The van der Waals surface area contributed by atoms with Gasteiger partial charge in [-0.25, -0.2) is 0 Å². The highest BCUT2D eigenvalue weighted by Crippen LogP contribution is 2.32. The molecular formula is C24H19Cl2N3O2. The zero-order chi connectivity index (χ0) is 22.0. The van der Waals surface area contributed by atoms with Crippen molar-refractivity contribution >= 4 is 40.0 Å². The number of halogens is 2. The molecule has 0 radical (unpaired) electrons. The van der Waals surface area contributed by atoms with Gasteiger partial charge in [-0.3, -0.25) is 14.8 Å². The first-order valence-corrected chi connectivity index (χ1v) is 10.4. The third kappa shape index (κ3) is 4.48. The van der Waals surface area contributed by atoms with Crippen molar-refractivity contribution in [2.45, 2.75) is 20.4 Å². The van der Waals surface area contributed by atoms with Gasteiger partial charge in [0.15, 0.2) is 0 Å². The third-order valence-electron chi connectivity index (χ3n) is 4.98. The number of aromatic nitrogens is 2. The molecule has 0 spiro atoms. The van der Waals surface area contributed by atoms with Gasteiger partial charge in [-0.05, 0) is 49.7 Å². The van der Waals surface area contributed by atoms with E-state index in [-0.39, 0.29) is 12.5 Å². The maximum atomic E-state index is 12.8. The van der Waals surface area contributed by atoms with Gasteiger partial charge < -0.3 is 10.1 Å². The van der Waals surface area contributed by atoms with Crippen molar-refractivity contribution < 1.29 is 9.53 Å². The summed E-state index contributed by atoms with van der Waals surface area (Å²) in [7, 11) is 0. The molecule has 7 heteroatoms. The summed E-state index contributed by atoms with van der Waals surface area (Å²) >= 11 is 12.3. The highest BCUT2D eigenvalue weighted by Gasteiger charge is 2.15. The summed E-state index contributed by atoms with van der Waals surface area (Å²) in [6, 6.07) is 13.2. The quantitative estimate of drug-likeness (QED) is 0.387. The lowest BCUT2D eigenvalue weighted by molar-refractivity contribution is 0.0950. The van der Waals surface area contributed by atoms with Crippen LogP contribution in [0.5, 0.6) is 11.5 Å². The molecule has 0 aliphatic heterocycles. The molecular weight excluding hydrogens is 433 g/mol. The van der Waals surface area contributed by atoms with Crippen molar-refractivity contribution in [1.82, 2.24) is 15.3 Å². The van der Waals surface area contributed by atoms with E-state index in [1.54, 1.807) is 18.3 Å². The average molecular weight is 452 g/mol. The topological polar surface area (TPSA) is 64.1 Å². The normalized spacial score (nSPS) is 10.8. The number of carbonyl (C=O) groups is 1. The molecule has 2 aromatic carbocycles. The summed E-state index contributed by atoms with van der Waals surface area (Å²) < 4.78 is 6.18. The standard InChI is InChI=1S/C24H19Cl2N3O2/c1-14-6-7-17-21(10-14)28-9-8-23(17)31-22-5-3-4-16(15(22)2)24(30)29-11-18-19(25)12-27-13-20(18)26/h3-10,12-13H,11H2,1-2H3,(H,29,30). The molecule has 0 aliphatic carbocycles. The van der Waals surface area contributed by atoms with Crippen molar-refractivity contribution in [1.29, 1.82) is 0 Å². The van der Waals surface area contributed by atoms with Gasteiger partial charge in [0.05, 0.1) is 15.6 Å². The Morgan fingerprint density at radius 1 is 1.03 bits per heavy atom. The van der Waals surface area contributed by atoms with Gasteiger partial charge in [-0.2, -0.15) is 0 Å². The molecule has 0 saturated carbocycles. The van der Waals surface area contributed by atoms with Crippen molar-refractivity contribution in [2.75, 3.05) is 0 Å². The Hall–Kier alpha value is -3.15. The summed E-state index contributed by atoms with van der Waals surface area (Å²) in [4.78, 5) is 21.2. The number of fused-ring (bicyclic) bond motifs is 1. The Bertz CT molecular complexity index is 1270.